The molecule has 7 nitrogen and oxygen atoms in total. The average Bonchev–Trinajstić information content (AvgIpc) is 3.29. The number of aromatic nitrogens is 1. The van der Waals surface area contributed by atoms with Crippen LogP contribution in [0.1, 0.15) is 40.2 Å². The summed E-state index contributed by atoms with van der Waals surface area (Å²) in [7, 11) is 0. The standard InChI is InChI=1S/C30H28F2N4O3S/c1-19-27(40-28(34-19)21-7-3-2-4-8-21)29(39)36-16-13-30(31,32)23(22-9-5-6-10-24(22)36)18-26(38)35-14-11-20(12-15-35)17-25(33)37/h2-10,17-18H,11-16H2,1H3,(H2,33,37). The van der Waals surface area contributed by atoms with E-state index in [1.54, 1.807) is 25.1 Å². The smallest absolute Gasteiger partial charge is 0.275 e. The van der Waals surface area contributed by atoms with Gasteiger partial charge < -0.3 is 15.5 Å². The molecule has 0 radical (unpaired) electrons. The van der Waals surface area contributed by atoms with Gasteiger partial charge in [-0.2, -0.15) is 0 Å². The Morgan fingerprint density at radius 1 is 0.975 bits per heavy atom. The Labute approximate surface area is 234 Å². The molecular formula is C30H28F2N4O3S. The second kappa shape index (κ2) is 11.1. The number of primary amides is 1. The van der Waals surface area contributed by atoms with Gasteiger partial charge in [0.15, 0.2) is 0 Å². The Morgan fingerprint density at radius 2 is 1.65 bits per heavy atom. The molecule has 2 aliphatic rings. The number of anilines is 1. The topological polar surface area (TPSA) is 96.6 Å². The molecule has 1 fully saturated rings. The maximum absolute atomic E-state index is 15.6. The third-order valence-electron chi connectivity index (χ3n) is 7.12. The van der Waals surface area contributed by atoms with E-state index in [1.807, 2.05) is 30.3 Å². The second-order valence-electron chi connectivity index (χ2n) is 9.82. The molecule has 0 unspecified atom stereocenters. The molecule has 0 bridgehead atoms. The molecule has 2 N–H and O–H groups in total. The zero-order valence-electron chi connectivity index (χ0n) is 21.9. The number of halogens is 2. The number of carbonyl (C=O) groups is 3. The highest BCUT2D eigenvalue weighted by Crippen LogP contribution is 2.44. The van der Waals surface area contributed by atoms with Crippen molar-refractivity contribution in [2.75, 3.05) is 24.5 Å². The summed E-state index contributed by atoms with van der Waals surface area (Å²) in [6.45, 7) is 2.11. The third-order valence-corrected chi connectivity index (χ3v) is 8.31. The number of hydrogen-bond acceptors (Lipinski definition) is 5. The van der Waals surface area contributed by atoms with E-state index in [2.05, 4.69) is 4.98 Å². The van der Waals surface area contributed by atoms with Gasteiger partial charge in [0.1, 0.15) is 9.88 Å². The lowest BCUT2D eigenvalue weighted by Crippen LogP contribution is -2.36. The molecule has 3 aromatic rings. The highest BCUT2D eigenvalue weighted by Gasteiger charge is 2.42. The van der Waals surface area contributed by atoms with Gasteiger partial charge in [0, 0.05) is 54.9 Å². The molecule has 10 heteroatoms. The van der Waals surface area contributed by atoms with Gasteiger partial charge in [0.25, 0.3) is 11.8 Å². The molecule has 3 amide bonds. The van der Waals surface area contributed by atoms with Crippen LogP contribution in [-0.2, 0) is 9.59 Å². The number of allylic oxidation sites excluding steroid dienone is 1. The lowest BCUT2D eigenvalue weighted by atomic mass is 9.96. The molecule has 40 heavy (non-hydrogen) atoms. The van der Waals surface area contributed by atoms with Gasteiger partial charge in [0.2, 0.25) is 11.8 Å². The molecule has 5 rings (SSSR count). The highest BCUT2D eigenvalue weighted by molar-refractivity contribution is 7.17. The van der Waals surface area contributed by atoms with E-state index in [4.69, 9.17) is 5.73 Å². The summed E-state index contributed by atoms with van der Waals surface area (Å²) in [6, 6.07) is 15.9. The number of nitrogens with zero attached hydrogens (tertiary/aromatic N) is 3. The first kappa shape index (κ1) is 27.4. The van der Waals surface area contributed by atoms with Crippen LogP contribution in [0.25, 0.3) is 16.1 Å². The van der Waals surface area contributed by atoms with Crippen molar-refractivity contribution in [1.29, 1.82) is 0 Å². The number of thiazole rings is 1. The molecule has 1 aromatic heterocycles. The lowest BCUT2D eigenvalue weighted by molar-refractivity contribution is -0.126. The first-order valence-electron chi connectivity index (χ1n) is 13.0. The van der Waals surface area contributed by atoms with Gasteiger partial charge in [-0.3, -0.25) is 14.4 Å². The molecule has 0 atom stereocenters. The van der Waals surface area contributed by atoms with Crippen LogP contribution in [0.3, 0.4) is 0 Å². The van der Waals surface area contributed by atoms with E-state index in [0.29, 0.717) is 47.2 Å². The van der Waals surface area contributed by atoms with Crippen LogP contribution in [0.2, 0.25) is 0 Å². The number of nitrogens with two attached hydrogens (primary N) is 1. The number of rotatable bonds is 4. The first-order valence-corrected chi connectivity index (χ1v) is 13.8. The number of likely N-dealkylation sites (tertiary alicyclic amines) is 1. The van der Waals surface area contributed by atoms with E-state index in [0.717, 1.165) is 17.2 Å². The van der Waals surface area contributed by atoms with Crippen LogP contribution in [0.4, 0.5) is 14.5 Å². The predicted octanol–water partition coefficient (Wildman–Crippen LogP) is 5.22. The summed E-state index contributed by atoms with van der Waals surface area (Å²) in [5.41, 5.74) is 7.51. The number of piperidine rings is 1. The number of aryl methyl sites for hydroxylation is 1. The third kappa shape index (κ3) is 5.58. The fourth-order valence-corrected chi connectivity index (χ4v) is 6.05. The Balaban J connectivity index is 1.46. The minimum Gasteiger partial charge on any atom is -0.366 e. The number of alkyl halides is 2. The summed E-state index contributed by atoms with van der Waals surface area (Å²) < 4.78 is 31.3. The number of hydrogen-bond donors (Lipinski definition) is 1. The molecular weight excluding hydrogens is 534 g/mol. The maximum atomic E-state index is 15.6. The van der Waals surface area contributed by atoms with Crippen molar-refractivity contribution in [2.24, 2.45) is 5.73 Å². The van der Waals surface area contributed by atoms with Crippen LogP contribution < -0.4 is 10.6 Å². The van der Waals surface area contributed by atoms with E-state index in [1.165, 1.54) is 33.3 Å². The molecule has 2 aliphatic heterocycles. The predicted molar refractivity (Wildman–Crippen MR) is 151 cm³/mol. The number of amides is 3. The number of para-hydroxylation sites is 1. The summed E-state index contributed by atoms with van der Waals surface area (Å²) in [5, 5.41) is 0.677. The zero-order valence-corrected chi connectivity index (χ0v) is 22.7. The van der Waals surface area contributed by atoms with Crippen molar-refractivity contribution in [3.8, 4) is 10.6 Å². The van der Waals surface area contributed by atoms with E-state index >= 15 is 8.78 Å². The van der Waals surface area contributed by atoms with E-state index in [9.17, 15) is 14.4 Å². The Hall–Kier alpha value is -4.18. The van der Waals surface area contributed by atoms with Gasteiger partial charge >= 0.3 is 0 Å². The van der Waals surface area contributed by atoms with Crippen LogP contribution in [-0.4, -0.2) is 53.2 Å². The summed E-state index contributed by atoms with van der Waals surface area (Å²) >= 11 is 1.23. The van der Waals surface area contributed by atoms with Crippen LogP contribution >= 0.6 is 11.3 Å². The maximum Gasteiger partial charge on any atom is 0.275 e. The molecule has 0 saturated carbocycles. The van der Waals surface area contributed by atoms with Crippen molar-refractivity contribution in [3.05, 3.63) is 88.5 Å². The Morgan fingerprint density at radius 3 is 2.35 bits per heavy atom. The minimum atomic E-state index is -3.34. The lowest BCUT2D eigenvalue weighted by Gasteiger charge is -2.28. The summed E-state index contributed by atoms with van der Waals surface area (Å²) in [6.07, 6.45) is 2.62. The fraction of sp³-hybridized carbons (Fsp3) is 0.267. The van der Waals surface area contributed by atoms with E-state index < -0.39 is 35.6 Å². The number of carbonyl (C=O) groups excluding carboxylic acids is 3. The van der Waals surface area contributed by atoms with Crippen LogP contribution in [0.5, 0.6) is 0 Å². The molecule has 1 saturated heterocycles. The summed E-state index contributed by atoms with van der Waals surface area (Å²) in [5.74, 6) is -4.83. The van der Waals surface area contributed by atoms with Crippen molar-refractivity contribution >= 4 is 40.3 Å². The summed E-state index contributed by atoms with van der Waals surface area (Å²) in [4.78, 5) is 45.9. The SMILES string of the molecule is Cc1nc(-c2ccccc2)sc1C(=O)N1CCC(F)(F)C(=CC(=O)N2CCC(=CC(N)=O)CC2)c2ccccc21. The van der Waals surface area contributed by atoms with Gasteiger partial charge in [-0.25, -0.2) is 13.8 Å². The van der Waals surface area contributed by atoms with Crippen molar-refractivity contribution in [1.82, 2.24) is 9.88 Å². The van der Waals surface area contributed by atoms with E-state index in [-0.39, 0.29) is 12.1 Å². The fourth-order valence-electron chi connectivity index (χ4n) is 5.03. The Bertz CT molecular complexity index is 1520. The Kier molecular flexibility index (Phi) is 7.62. The number of benzene rings is 2. The van der Waals surface area contributed by atoms with Crippen LogP contribution in [0, 0.1) is 6.92 Å². The quantitative estimate of drug-likeness (QED) is 0.441. The molecule has 206 valence electrons. The normalized spacial score (nSPS) is 17.8. The van der Waals surface area contributed by atoms with Gasteiger partial charge in [-0.15, -0.1) is 11.3 Å². The monoisotopic (exact) mass is 562 g/mol. The van der Waals surface area contributed by atoms with Crippen molar-refractivity contribution in [3.63, 3.8) is 0 Å². The van der Waals surface area contributed by atoms with Gasteiger partial charge in [-0.05, 0) is 25.8 Å². The highest BCUT2D eigenvalue weighted by atomic mass is 32.1. The molecule has 2 aromatic carbocycles. The first-order chi connectivity index (χ1) is 19.1. The molecule has 0 aliphatic carbocycles. The zero-order chi connectivity index (χ0) is 28.4. The minimum absolute atomic E-state index is 0.142. The van der Waals surface area contributed by atoms with Crippen LogP contribution in [0.15, 0.2) is 72.3 Å². The van der Waals surface area contributed by atoms with Crippen molar-refractivity contribution in [2.45, 2.75) is 32.1 Å². The molecule has 3 heterocycles. The largest absolute Gasteiger partial charge is 0.366 e. The second-order valence-corrected chi connectivity index (χ2v) is 10.8. The molecule has 0 spiro atoms. The van der Waals surface area contributed by atoms with Gasteiger partial charge in [0.05, 0.1) is 11.4 Å². The van der Waals surface area contributed by atoms with Crippen molar-refractivity contribution < 1.29 is 23.2 Å². The number of fused-ring (bicyclic) bond motifs is 1. The van der Waals surface area contributed by atoms with Gasteiger partial charge in [-0.1, -0.05) is 54.1 Å². The average molecular weight is 563 g/mol.